The van der Waals surface area contributed by atoms with E-state index >= 15 is 0 Å². The highest BCUT2D eigenvalue weighted by Gasteiger charge is 2.23. The van der Waals surface area contributed by atoms with Crippen LogP contribution >= 0.6 is 0 Å². The van der Waals surface area contributed by atoms with Crippen molar-refractivity contribution in [3.8, 4) is 5.75 Å². The lowest BCUT2D eigenvalue weighted by molar-refractivity contribution is 0.0751. The molecular weight excluding hydrogens is 330 g/mol. The number of carbonyl (C=O) groups is 1. The van der Waals surface area contributed by atoms with E-state index in [1.807, 2.05) is 25.1 Å². The molecule has 0 aromatic carbocycles. The lowest BCUT2D eigenvalue weighted by atomic mass is 10.1. The number of imidazole rings is 1. The highest BCUT2D eigenvalue weighted by Crippen LogP contribution is 2.25. The lowest BCUT2D eigenvalue weighted by Gasteiger charge is -2.23. The Morgan fingerprint density at radius 1 is 1.19 bits per heavy atom. The van der Waals surface area contributed by atoms with Crippen LogP contribution in [0.15, 0.2) is 18.7 Å². The number of rotatable bonds is 4. The Bertz CT molecular complexity index is 786. The van der Waals surface area contributed by atoms with Crippen LogP contribution < -0.4 is 4.74 Å². The minimum absolute atomic E-state index is 0.0539. The van der Waals surface area contributed by atoms with Crippen LogP contribution in [0.25, 0.3) is 0 Å². The van der Waals surface area contributed by atoms with Crippen molar-refractivity contribution in [1.29, 1.82) is 0 Å². The molecule has 1 fully saturated rings. The fourth-order valence-corrected chi connectivity index (χ4v) is 3.50. The van der Waals surface area contributed by atoms with Gasteiger partial charge in [0.25, 0.3) is 5.91 Å². The normalized spacial score (nSPS) is 15.8. The lowest BCUT2D eigenvalue weighted by Crippen LogP contribution is -2.36. The van der Waals surface area contributed by atoms with Gasteiger partial charge in [0.1, 0.15) is 11.4 Å². The predicted molar refractivity (Wildman–Crippen MR) is 99.3 cm³/mol. The van der Waals surface area contributed by atoms with Crippen LogP contribution in [0.4, 0.5) is 0 Å². The Kier molecular flexibility index (Phi) is 5.56. The van der Waals surface area contributed by atoms with Crippen molar-refractivity contribution in [2.75, 3.05) is 33.3 Å². The molecule has 26 heavy (non-hydrogen) atoms. The van der Waals surface area contributed by atoms with Crippen molar-refractivity contribution in [2.45, 2.75) is 26.8 Å². The number of amides is 1. The average Bonchev–Trinajstić information content (AvgIpc) is 2.91. The molecule has 0 aliphatic carbocycles. The third-order valence-electron chi connectivity index (χ3n) is 5.03. The smallest absolute Gasteiger partial charge is 0.272 e. The Morgan fingerprint density at radius 2 is 2.00 bits per heavy atom. The second-order valence-electron chi connectivity index (χ2n) is 6.86. The van der Waals surface area contributed by atoms with Gasteiger partial charge in [0.2, 0.25) is 0 Å². The van der Waals surface area contributed by atoms with Crippen molar-refractivity contribution >= 4 is 5.91 Å². The fourth-order valence-electron chi connectivity index (χ4n) is 3.50. The quantitative estimate of drug-likeness (QED) is 0.835. The Hall–Kier alpha value is -2.41. The van der Waals surface area contributed by atoms with E-state index in [0.717, 1.165) is 55.2 Å². The van der Waals surface area contributed by atoms with Gasteiger partial charge in [-0.15, -0.1) is 0 Å². The van der Waals surface area contributed by atoms with E-state index in [4.69, 9.17) is 4.74 Å². The van der Waals surface area contributed by atoms with E-state index < -0.39 is 0 Å². The SMILES string of the molecule is COc1c(C)cnc(CN2CCCN(C(=O)c3cncn3C)CC2)c1C. The maximum atomic E-state index is 12.7. The maximum absolute atomic E-state index is 12.7. The van der Waals surface area contributed by atoms with Crippen molar-refractivity contribution in [3.63, 3.8) is 0 Å². The first-order valence-electron chi connectivity index (χ1n) is 8.98. The summed E-state index contributed by atoms with van der Waals surface area (Å²) in [5.74, 6) is 0.969. The van der Waals surface area contributed by atoms with Crippen LogP contribution in [0.1, 0.15) is 33.7 Å². The molecule has 3 rings (SSSR count). The highest BCUT2D eigenvalue weighted by molar-refractivity contribution is 5.92. The van der Waals surface area contributed by atoms with Gasteiger partial charge in [-0.1, -0.05) is 0 Å². The predicted octanol–water partition coefficient (Wildman–Crippen LogP) is 1.79. The number of aromatic nitrogens is 3. The summed E-state index contributed by atoms with van der Waals surface area (Å²) in [6.45, 7) is 8.11. The monoisotopic (exact) mass is 357 g/mol. The molecule has 1 saturated heterocycles. The van der Waals surface area contributed by atoms with Crippen LogP contribution in [0.3, 0.4) is 0 Å². The summed E-state index contributed by atoms with van der Waals surface area (Å²) in [4.78, 5) is 25.6. The van der Waals surface area contributed by atoms with Gasteiger partial charge in [-0.05, 0) is 20.3 Å². The molecule has 7 nitrogen and oxygen atoms in total. The topological polar surface area (TPSA) is 63.5 Å². The van der Waals surface area contributed by atoms with Gasteiger partial charge < -0.3 is 14.2 Å². The molecule has 0 atom stereocenters. The van der Waals surface area contributed by atoms with Gasteiger partial charge in [0, 0.05) is 57.1 Å². The van der Waals surface area contributed by atoms with Gasteiger partial charge >= 0.3 is 0 Å². The van der Waals surface area contributed by atoms with Gasteiger partial charge in [-0.2, -0.15) is 0 Å². The van der Waals surface area contributed by atoms with Crippen LogP contribution in [-0.4, -0.2) is 63.5 Å². The molecule has 0 N–H and O–H groups in total. The van der Waals surface area contributed by atoms with Crippen molar-refractivity contribution in [2.24, 2.45) is 7.05 Å². The van der Waals surface area contributed by atoms with E-state index in [0.29, 0.717) is 12.2 Å². The second-order valence-corrected chi connectivity index (χ2v) is 6.86. The molecule has 3 heterocycles. The number of methoxy groups -OCH3 is 1. The van der Waals surface area contributed by atoms with Crippen LogP contribution in [0.5, 0.6) is 5.75 Å². The van der Waals surface area contributed by atoms with E-state index in [-0.39, 0.29) is 5.91 Å². The van der Waals surface area contributed by atoms with Crippen molar-refractivity contribution < 1.29 is 9.53 Å². The van der Waals surface area contributed by atoms with Gasteiger partial charge in [-0.25, -0.2) is 4.98 Å². The maximum Gasteiger partial charge on any atom is 0.272 e. The second kappa shape index (κ2) is 7.86. The van der Waals surface area contributed by atoms with Crippen LogP contribution in [0.2, 0.25) is 0 Å². The Morgan fingerprint density at radius 3 is 2.69 bits per heavy atom. The summed E-state index contributed by atoms with van der Waals surface area (Å²) in [7, 11) is 3.55. The molecule has 7 heteroatoms. The molecule has 1 amide bonds. The van der Waals surface area contributed by atoms with Gasteiger partial charge in [-0.3, -0.25) is 14.7 Å². The zero-order valence-corrected chi connectivity index (χ0v) is 16.0. The number of ether oxygens (including phenoxy) is 1. The van der Waals surface area contributed by atoms with Crippen molar-refractivity contribution in [1.82, 2.24) is 24.3 Å². The van der Waals surface area contributed by atoms with E-state index in [1.54, 1.807) is 24.2 Å². The molecule has 0 unspecified atom stereocenters. The molecule has 1 aliphatic heterocycles. The molecule has 0 spiro atoms. The summed E-state index contributed by atoms with van der Waals surface area (Å²) < 4.78 is 7.29. The average molecular weight is 357 g/mol. The van der Waals surface area contributed by atoms with E-state index in [1.165, 1.54) is 0 Å². The van der Waals surface area contributed by atoms with E-state index in [2.05, 4.69) is 21.8 Å². The van der Waals surface area contributed by atoms with Crippen LogP contribution in [0, 0.1) is 13.8 Å². The number of aryl methyl sites for hydroxylation is 2. The largest absolute Gasteiger partial charge is 0.496 e. The Labute approximate surface area is 154 Å². The number of carbonyl (C=O) groups excluding carboxylic acids is 1. The fraction of sp³-hybridized carbons (Fsp3) is 0.526. The van der Waals surface area contributed by atoms with Crippen LogP contribution in [-0.2, 0) is 13.6 Å². The first-order valence-corrected chi connectivity index (χ1v) is 8.98. The zero-order chi connectivity index (χ0) is 18.7. The number of pyridine rings is 1. The minimum atomic E-state index is 0.0539. The van der Waals surface area contributed by atoms with Crippen molar-refractivity contribution in [3.05, 3.63) is 41.2 Å². The molecule has 2 aromatic rings. The van der Waals surface area contributed by atoms with Gasteiger partial charge in [0.15, 0.2) is 0 Å². The molecule has 2 aromatic heterocycles. The third-order valence-corrected chi connectivity index (χ3v) is 5.03. The first-order chi connectivity index (χ1) is 12.5. The zero-order valence-electron chi connectivity index (χ0n) is 16.0. The minimum Gasteiger partial charge on any atom is -0.496 e. The Balaban J connectivity index is 1.66. The summed E-state index contributed by atoms with van der Waals surface area (Å²) in [6, 6.07) is 0. The van der Waals surface area contributed by atoms with E-state index in [9.17, 15) is 4.79 Å². The highest BCUT2D eigenvalue weighted by atomic mass is 16.5. The van der Waals surface area contributed by atoms with Gasteiger partial charge in [0.05, 0.1) is 25.3 Å². The standard InChI is InChI=1S/C19H27N5O2/c1-14-10-21-16(15(2)18(14)26-4)12-23-6-5-7-24(9-8-23)19(25)17-11-20-13-22(17)3/h10-11,13H,5-9,12H2,1-4H3. The molecule has 1 aliphatic rings. The summed E-state index contributed by atoms with van der Waals surface area (Å²) in [5.41, 5.74) is 3.83. The number of nitrogens with zero attached hydrogens (tertiary/aromatic N) is 5. The molecular formula is C19H27N5O2. The summed E-state index contributed by atoms with van der Waals surface area (Å²) in [5, 5.41) is 0. The number of hydrogen-bond donors (Lipinski definition) is 0. The third kappa shape index (κ3) is 3.72. The molecule has 0 radical (unpaired) electrons. The summed E-state index contributed by atoms with van der Waals surface area (Å²) in [6.07, 6.45) is 6.12. The summed E-state index contributed by atoms with van der Waals surface area (Å²) >= 11 is 0. The molecule has 0 bridgehead atoms. The molecule has 140 valence electrons. The molecule has 0 saturated carbocycles. The first kappa shape index (κ1) is 18.4. The number of hydrogen-bond acceptors (Lipinski definition) is 5.